The molecule has 6 nitrogen and oxygen atoms in total. The maximum absolute atomic E-state index is 12.0. The number of para-hydroxylation sites is 1. The molecule has 0 radical (unpaired) electrons. The van der Waals surface area contributed by atoms with Crippen LogP contribution in [0.5, 0.6) is 0 Å². The second-order valence-corrected chi connectivity index (χ2v) is 4.72. The zero-order valence-corrected chi connectivity index (χ0v) is 12.0. The van der Waals surface area contributed by atoms with Crippen molar-refractivity contribution in [1.29, 1.82) is 0 Å². The number of rotatable bonds is 7. The van der Waals surface area contributed by atoms with Crippen molar-refractivity contribution < 1.29 is 14.7 Å². The summed E-state index contributed by atoms with van der Waals surface area (Å²) in [7, 11) is 0. The van der Waals surface area contributed by atoms with Gasteiger partial charge >= 0.3 is 5.97 Å². The van der Waals surface area contributed by atoms with Gasteiger partial charge in [0.25, 0.3) is 0 Å². The molecular weight excluding hydrogens is 282 g/mol. The molecular formula is C16H17N3O3. The van der Waals surface area contributed by atoms with Crippen LogP contribution in [-0.2, 0) is 16.1 Å². The fourth-order valence-electron chi connectivity index (χ4n) is 1.97. The summed E-state index contributed by atoms with van der Waals surface area (Å²) < 4.78 is 0. The van der Waals surface area contributed by atoms with E-state index in [0.29, 0.717) is 12.2 Å². The van der Waals surface area contributed by atoms with Crippen molar-refractivity contribution in [1.82, 2.24) is 10.3 Å². The molecule has 114 valence electrons. The Morgan fingerprint density at radius 1 is 1.09 bits per heavy atom. The number of aromatic nitrogens is 1. The third-order valence-corrected chi connectivity index (χ3v) is 2.99. The summed E-state index contributed by atoms with van der Waals surface area (Å²) in [6.07, 6.45) is 3.34. The average molecular weight is 299 g/mol. The number of carboxylic acids is 1. The average Bonchev–Trinajstić information content (AvgIpc) is 2.54. The molecule has 0 aliphatic rings. The number of pyridine rings is 1. The standard InChI is InChI=1S/C16H17N3O3/c20-15(18-10-13-5-4-8-17-9-13)11-19(12-16(21)22)14-6-2-1-3-7-14/h1-9H,10-12H2,(H,18,20)(H,21,22). The van der Waals surface area contributed by atoms with Crippen LogP contribution in [0.2, 0.25) is 0 Å². The van der Waals surface area contributed by atoms with Crippen molar-refractivity contribution in [2.45, 2.75) is 6.54 Å². The lowest BCUT2D eigenvalue weighted by Gasteiger charge is -2.22. The first-order chi connectivity index (χ1) is 10.6. The van der Waals surface area contributed by atoms with Gasteiger partial charge in [0, 0.05) is 24.6 Å². The Hall–Kier alpha value is -2.89. The second kappa shape index (κ2) is 7.78. The van der Waals surface area contributed by atoms with Gasteiger partial charge in [0.1, 0.15) is 6.54 Å². The molecule has 1 aromatic carbocycles. The summed E-state index contributed by atoms with van der Waals surface area (Å²) in [5.41, 5.74) is 1.58. The van der Waals surface area contributed by atoms with Gasteiger partial charge in [-0.15, -0.1) is 0 Å². The fourth-order valence-corrected chi connectivity index (χ4v) is 1.97. The summed E-state index contributed by atoms with van der Waals surface area (Å²) in [5.74, 6) is -1.22. The minimum atomic E-state index is -0.982. The highest BCUT2D eigenvalue weighted by molar-refractivity contribution is 5.84. The van der Waals surface area contributed by atoms with Gasteiger partial charge in [-0.2, -0.15) is 0 Å². The minimum absolute atomic E-state index is 0.0173. The molecule has 1 aromatic heterocycles. The van der Waals surface area contributed by atoms with E-state index in [0.717, 1.165) is 5.56 Å². The van der Waals surface area contributed by atoms with Crippen LogP contribution in [0, 0.1) is 0 Å². The maximum atomic E-state index is 12.0. The van der Waals surface area contributed by atoms with Gasteiger partial charge in [-0.3, -0.25) is 14.6 Å². The highest BCUT2D eigenvalue weighted by Gasteiger charge is 2.14. The SMILES string of the molecule is O=C(O)CN(CC(=O)NCc1cccnc1)c1ccccc1. The number of anilines is 1. The van der Waals surface area contributed by atoms with Crippen LogP contribution in [0.4, 0.5) is 5.69 Å². The molecule has 0 bridgehead atoms. The predicted molar refractivity (Wildman–Crippen MR) is 82.4 cm³/mol. The normalized spacial score (nSPS) is 10.0. The molecule has 1 amide bonds. The Kier molecular flexibility index (Phi) is 5.48. The smallest absolute Gasteiger partial charge is 0.323 e. The van der Waals surface area contributed by atoms with Crippen LogP contribution >= 0.6 is 0 Å². The first kappa shape index (κ1) is 15.5. The van der Waals surface area contributed by atoms with Crippen LogP contribution in [0.1, 0.15) is 5.56 Å². The van der Waals surface area contributed by atoms with Gasteiger partial charge in [0.15, 0.2) is 0 Å². The number of hydrogen-bond donors (Lipinski definition) is 2. The fraction of sp³-hybridized carbons (Fsp3) is 0.188. The first-order valence-corrected chi connectivity index (χ1v) is 6.82. The summed E-state index contributed by atoms with van der Waals surface area (Å²) in [5, 5.41) is 11.7. The largest absolute Gasteiger partial charge is 0.480 e. The van der Waals surface area contributed by atoms with Crippen molar-refractivity contribution in [3.63, 3.8) is 0 Å². The molecule has 2 N–H and O–H groups in total. The monoisotopic (exact) mass is 299 g/mol. The van der Waals surface area contributed by atoms with E-state index >= 15 is 0 Å². The van der Waals surface area contributed by atoms with E-state index in [9.17, 15) is 9.59 Å². The van der Waals surface area contributed by atoms with Gasteiger partial charge in [-0.25, -0.2) is 0 Å². The van der Waals surface area contributed by atoms with Crippen molar-refractivity contribution >= 4 is 17.6 Å². The molecule has 0 aliphatic heterocycles. The van der Waals surface area contributed by atoms with E-state index < -0.39 is 5.97 Å². The van der Waals surface area contributed by atoms with Crippen LogP contribution < -0.4 is 10.2 Å². The number of nitrogens with zero attached hydrogens (tertiary/aromatic N) is 2. The third-order valence-electron chi connectivity index (χ3n) is 2.99. The highest BCUT2D eigenvalue weighted by atomic mass is 16.4. The number of nitrogens with one attached hydrogen (secondary N) is 1. The molecule has 22 heavy (non-hydrogen) atoms. The van der Waals surface area contributed by atoms with Crippen LogP contribution in [0.25, 0.3) is 0 Å². The first-order valence-electron chi connectivity index (χ1n) is 6.82. The summed E-state index contributed by atoms with van der Waals surface area (Å²) in [6.45, 7) is 0.114. The molecule has 1 heterocycles. The van der Waals surface area contributed by atoms with E-state index in [4.69, 9.17) is 5.11 Å². The topological polar surface area (TPSA) is 82.5 Å². The number of benzene rings is 1. The Morgan fingerprint density at radius 3 is 2.50 bits per heavy atom. The summed E-state index contributed by atoms with van der Waals surface area (Å²) in [6, 6.07) is 12.6. The van der Waals surface area contributed by atoms with Crippen LogP contribution in [0.3, 0.4) is 0 Å². The molecule has 0 aliphatic carbocycles. The number of amides is 1. The van der Waals surface area contributed by atoms with Crippen molar-refractivity contribution in [2.24, 2.45) is 0 Å². The van der Waals surface area contributed by atoms with Gasteiger partial charge in [-0.05, 0) is 23.8 Å². The molecule has 0 saturated carbocycles. The lowest BCUT2D eigenvalue weighted by atomic mass is 10.2. The molecule has 0 fully saturated rings. The highest BCUT2D eigenvalue weighted by Crippen LogP contribution is 2.12. The molecule has 0 spiro atoms. The van der Waals surface area contributed by atoms with Crippen molar-refractivity contribution in [3.05, 3.63) is 60.4 Å². The summed E-state index contributed by atoms with van der Waals surface area (Å²) in [4.78, 5) is 28.5. The number of carbonyl (C=O) groups is 2. The Bertz CT molecular complexity index is 617. The number of carboxylic acid groups (broad SMARTS) is 1. The maximum Gasteiger partial charge on any atom is 0.323 e. The molecule has 0 atom stereocenters. The molecule has 2 rings (SSSR count). The van der Waals surface area contributed by atoms with E-state index in [-0.39, 0.29) is 19.0 Å². The van der Waals surface area contributed by atoms with Gasteiger partial charge in [-0.1, -0.05) is 24.3 Å². The number of hydrogen-bond acceptors (Lipinski definition) is 4. The van der Waals surface area contributed by atoms with Crippen molar-refractivity contribution in [3.8, 4) is 0 Å². The molecule has 0 unspecified atom stereocenters. The van der Waals surface area contributed by atoms with E-state index in [2.05, 4.69) is 10.3 Å². The van der Waals surface area contributed by atoms with Crippen molar-refractivity contribution in [2.75, 3.05) is 18.0 Å². The number of carbonyl (C=O) groups excluding carboxylic acids is 1. The van der Waals surface area contributed by atoms with E-state index in [1.54, 1.807) is 42.7 Å². The lowest BCUT2D eigenvalue weighted by molar-refractivity contribution is -0.135. The molecule has 0 saturated heterocycles. The predicted octanol–water partition coefficient (Wildman–Crippen LogP) is 1.29. The minimum Gasteiger partial charge on any atom is -0.480 e. The van der Waals surface area contributed by atoms with Crippen LogP contribution in [-0.4, -0.2) is 35.1 Å². The zero-order valence-electron chi connectivity index (χ0n) is 12.0. The Balaban J connectivity index is 1.95. The van der Waals surface area contributed by atoms with Crippen LogP contribution in [0.15, 0.2) is 54.9 Å². The lowest BCUT2D eigenvalue weighted by Crippen LogP contribution is -2.39. The second-order valence-electron chi connectivity index (χ2n) is 4.72. The molecule has 2 aromatic rings. The van der Waals surface area contributed by atoms with E-state index in [1.165, 1.54) is 4.90 Å². The molecule has 6 heteroatoms. The van der Waals surface area contributed by atoms with Gasteiger partial charge in [0.2, 0.25) is 5.91 Å². The zero-order chi connectivity index (χ0) is 15.8. The van der Waals surface area contributed by atoms with Gasteiger partial charge in [0.05, 0.1) is 6.54 Å². The van der Waals surface area contributed by atoms with Gasteiger partial charge < -0.3 is 15.3 Å². The number of aliphatic carboxylic acids is 1. The van der Waals surface area contributed by atoms with E-state index in [1.807, 2.05) is 12.1 Å². The Labute approximate surface area is 128 Å². The Morgan fingerprint density at radius 2 is 1.86 bits per heavy atom. The third kappa shape index (κ3) is 4.90. The summed E-state index contributed by atoms with van der Waals surface area (Å²) >= 11 is 0. The quantitative estimate of drug-likeness (QED) is 0.805.